The summed E-state index contributed by atoms with van der Waals surface area (Å²) in [7, 11) is 0. The summed E-state index contributed by atoms with van der Waals surface area (Å²) in [6.45, 7) is 2.42. The van der Waals surface area contributed by atoms with Crippen LogP contribution >= 0.6 is 23.2 Å². The molecule has 10 heteroatoms. The van der Waals surface area contributed by atoms with Crippen molar-refractivity contribution >= 4 is 58.0 Å². The number of pyridine rings is 1. The summed E-state index contributed by atoms with van der Waals surface area (Å²) in [6, 6.07) is 17.8. The zero-order valence-electron chi connectivity index (χ0n) is 18.7. The minimum atomic E-state index is -0.496. The van der Waals surface area contributed by atoms with Gasteiger partial charge in [0.1, 0.15) is 5.88 Å². The van der Waals surface area contributed by atoms with Gasteiger partial charge in [-0.1, -0.05) is 29.8 Å². The molecule has 1 aromatic heterocycles. The lowest BCUT2D eigenvalue weighted by molar-refractivity contribution is -0.113. The van der Waals surface area contributed by atoms with Crippen molar-refractivity contribution in [1.29, 1.82) is 0 Å². The van der Waals surface area contributed by atoms with E-state index in [1.165, 1.54) is 18.3 Å². The number of aromatic nitrogens is 1. The Balaban J connectivity index is 1.54. The fraction of sp³-hybridized carbons (Fsp3) is 0.200. The van der Waals surface area contributed by atoms with Crippen molar-refractivity contribution in [3.63, 3.8) is 0 Å². The first-order valence-electron chi connectivity index (χ1n) is 11.0. The van der Waals surface area contributed by atoms with Gasteiger partial charge in [0.2, 0.25) is 5.91 Å². The Hall–Kier alpha value is -3.62. The number of nitrogens with one attached hydrogen (secondary N) is 2. The molecule has 1 fully saturated rings. The van der Waals surface area contributed by atoms with Crippen LogP contribution in [0.2, 0.25) is 5.15 Å². The van der Waals surface area contributed by atoms with Gasteiger partial charge < -0.3 is 20.4 Å². The summed E-state index contributed by atoms with van der Waals surface area (Å²) in [5.74, 6) is -1.43. The fourth-order valence-corrected chi connectivity index (χ4v) is 4.05. The normalized spacial score (nSPS) is 13.3. The zero-order chi connectivity index (χ0) is 24.8. The molecule has 4 rings (SSSR count). The van der Waals surface area contributed by atoms with Crippen molar-refractivity contribution in [3.05, 3.63) is 83.1 Å². The molecule has 1 saturated heterocycles. The second-order valence-electron chi connectivity index (χ2n) is 7.89. The molecule has 180 valence electrons. The maximum atomic E-state index is 13.3. The molecule has 0 aliphatic carbocycles. The minimum absolute atomic E-state index is 0.139. The van der Waals surface area contributed by atoms with Crippen LogP contribution in [0.3, 0.4) is 0 Å². The topological polar surface area (TPSA) is 94.6 Å². The van der Waals surface area contributed by atoms with Crippen LogP contribution in [0.15, 0.2) is 66.9 Å². The van der Waals surface area contributed by atoms with E-state index in [-0.39, 0.29) is 28.1 Å². The summed E-state index contributed by atoms with van der Waals surface area (Å²) >= 11 is 11.7. The molecule has 0 atom stereocenters. The molecule has 2 N–H and O–H groups in total. The van der Waals surface area contributed by atoms with Gasteiger partial charge >= 0.3 is 0 Å². The Morgan fingerprint density at radius 2 is 1.60 bits per heavy atom. The minimum Gasteiger partial charge on any atom is -0.368 e. The zero-order valence-corrected chi connectivity index (χ0v) is 20.2. The van der Waals surface area contributed by atoms with Gasteiger partial charge in [0.15, 0.2) is 5.15 Å². The highest BCUT2D eigenvalue weighted by atomic mass is 35.5. The van der Waals surface area contributed by atoms with Crippen LogP contribution < -0.4 is 15.5 Å². The van der Waals surface area contributed by atoms with Crippen LogP contribution in [0, 0.1) is 0 Å². The van der Waals surface area contributed by atoms with E-state index in [2.05, 4.69) is 20.5 Å². The number of para-hydroxylation sites is 1. The molecule has 0 unspecified atom stereocenters. The number of halogens is 2. The summed E-state index contributed by atoms with van der Waals surface area (Å²) in [4.78, 5) is 46.1. The predicted molar refractivity (Wildman–Crippen MR) is 138 cm³/mol. The molecule has 0 spiro atoms. The summed E-state index contributed by atoms with van der Waals surface area (Å²) in [5.41, 5.74) is 2.21. The quantitative estimate of drug-likeness (QED) is 0.383. The Bertz CT molecular complexity index is 1230. The first kappa shape index (κ1) is 24.5. The number of nitrogens with zero attached hydrogens (tertiary/aromatic N) is 3. The third-order valence-electron chi connectivity index (χ3n) is 5.54. The van der Waals surface area contributed by atoms with Gasteiger partial charge in [-0.15, -0.1) is 11.6 Å². The number of hydrogen-bond acceptors (Lipinski definition) is 5. The van der Waals surface area contributed by atoms with Gasteiger partial charge in [-0.05, 0) is 42.5 Å². The highest BCUT2D eigenvalue weighted by Crippen LogP contribution is 2.23. The first-order chi connectivity index (χ1) is 16.9. The number of anilines is 3. The molecular weight excluding hydrogens is 489 g/mol. The number of amides is 3. The average molecular weight is 512 g/mol. The van der Waals surface area contributed by atoms with Gasteiger partial charge in [-0.2, -0.15) is 0 Å². The SMILES string of the molecule is O=C(CCl)Nc1cc(C(=O)Nc2cccnc2Cl)cc(C(=O)N2CCN(c3ccccc3)CC2)c1. The number of rotatable bonds is 6. The standard InChI is InChI=1S/C25H23Cl2N5O3/c26-16-22(33)29-19-14-17(24(34)30-21-7-4-8-28-23(21)27)13-18(15-19)25(35)32-11-9-31(10-12-32)20-5-2-1-3-6-20/h1-8,13-15H,9-12,16H2,(H,29,33)(H,30,34). The largest absolute Gasteiger partial charge is 0.368 e. The number of alkyl halides is 1. The highest BCUT2D eigenvalue weighted by molar-refractivity contribution is 6.32. The van der Waals surface area contributed by atoms with Crippen molar-refractivity contribution in [3.8, 4) is 0 Å². The van der Waals surface area contributed by atoms with Crippen molar-refractivity contribution in [1.82, 2.24) is 9.88 Å². The smallest absolute Gasteiger partial charge is 0.255 e. The Morgan fingerprint density at radius 1 is 0.886 bits per heavy atom. The van der Waals surface area contributed by atoms with Crippen molar-refractivity contribution < 1.29 is 14.4 Å². The monoisotopic (exact) mass is 511 g/mol. The molecule has 35 heavy (non-hydrogen) atoms. The maximum Gasteiger partial charge on any atom is 0.255 e. The van der Waals surface area contributed by atoms with E-state index in [4.69, 9.17) is 23.2 Å². The number of benzene rings is 2. The summed E-state index contributed by atoms with van der Waals surface area (Å²) < 4.78 is 0. The Labute approximate surface area is 212 Å². The molecule has 0 saturated carbocycles. The molecular formula is C25H23Cl2N5O3. The lowest BCUT2D eigenvalue weighted by atomic mass is 10.1. The lowest BCUT2D eigenvalue weighted by Crippen LogP contribution is -2.48. The Morgan fingerprint density at radius 3 is 2.29 bits per heavy atom. The molecule has 2 heterocycles. The molecule has 1 aliphatic rings. The van der Waals surface area contributed by atoms with Crippen LogP contribution in [0.25, 0.3) is 0 Å². The van der Waals surface area contributed by atoms with E-state index >= 15 is 0 Å². The molecule has 0 bridgehead atoms. The number of carbonyl (C=O) groups is 3. The third-order valence-corrected chi connectivity index (χ3v) is 6.09. The first-order valence-corrected chi connectivity index (χ1v) is 11.9. The van der Waals surface area contributed by atoms with Gasteiger partial charge in [-0.25, -0.2) is 4.98 Å². The van der Waals surface area contributed by atoms with Crippen LogP contribution in [0.1, 0.15) is 20.7 Å². The molecule has 8 nitrogen and oxygen atoms in total. The van der Waals surface area contributed by atoms with Gasteiger partial charge in [-0.3, -0.25) is 14.4 Å². The fourth-order valence-electron chi connectivity index (χ4n) is 3.81. The molecule has 1 aliphatic heterocycles. The second kappa shape index (κ2) is 11.2. The van der Waals surface area contributed by atoms with E-state index in [1.54, 1.807) is 23.1 Å². The van der Waals surface area contributed by atoms with Crippen LogP contribution in [-0.4, -0.2) is 59.7 Å². The number of carbonyl (C=O) groups excluding carboxylic acids is 3. The van der Waals surface area contributed by atoms with E-state index < -0.39 is 11.8 Å². The van der Waals surface area contributed by atoms with Gasteiger partial charge in [0.25, 0.3) is 11.8 Å². The van der Waals surface area contributed by atoms with Crippen LogP contribution in [0.5, 0.6) is 0 Å². The number of piperazine rings is 1. The highest BCUT2D eigenvalue weighted by Gasteiger charge is 2.24. The molecule has 2 aromatic carbocycles. The molecule has 0 radical (unpaired) electrons. The maximum absolute atomic E-state index is 13.3. The van der Waals surface area contributed by atoms with E-state index in [0.29, 0.717) is 37.6 Å². The van der Waals surface area contributed by atoms with E-state index in [9.17, 15) is 14.4 Å². The van der Waals surface area contributed by atoms with E-state index in [0.717, 1.165) is 5.69 Å². The summed E-state index contributed by atoms with van der Waals surface area (Å²) in [6.07, 6.45) is 1.51. The average Bonchev–Trinajstić information content (AvgIpc) is 2.90. The summed E-state index contributed by atoms with van der Waals surface area (Å²) in [5, 5.41) is 5.45. The van der Waals surface area contributed by atoms with E-state index in [1.807, 2.05) is 30.3 Å². The Kier molecular flexibility index (Phi) is 7.84. The van der Waals surface area contributed by atoms with Gasteiger partial charge in [0, 0.05) is 54.9 Å². The van der Waals surface area contributed by atoms with Crippen LogP contribution in [-0.2, 0) is 4.79 Å². The van der Waals surface area contributed by atoms with Gasteiger partial charge in [0.05, 0.1) is 5.69 Å². The van der Waals surface area contributed by atoms with Crippen molar-refractivity contribution in [2.24, 2.45) is 0 Å². The van der Waals surface area contributed by atoms with Crippen molar-refractivity contribution in [2.45, 2.75) is 0 Å². The molecule has 3 aromatic rings. The number of hydrogen-bond donors (Lipinski definition) is 2. The predicted octanol–water partition coefficient (Wildman–Crippen LogP) is 4.13. The van der Waals surface area contributed by atoms with Crippen LogP contribution in [0.4, 0.5) is 17.1 Å². The lowest BCUT2D eigenvalue weighted by Gasteiger charge is -2.36. The second-order valence-corrected chi connectivity index (χ2v) is 8.52. The third kappa shape index (κ3) is 6.09. The van der Waals surface area contributed by atoms with Crippen molar-refractivity contribution in [2.75, 3.05) is 47.6 Å². The molecule has 3 amide bonds.